The van der Waals surface area contributed by atoms with Gasteiger partial charge in [-0.3, -0.25) is 0 Å². The van der Waals surface area contributed by atoms with Crippen LogP contribution in [0.1, 0.15) is 62.7 Å². The summed E-state index contributed by atoms with van der Waals surface area (Å²) in [6, 6.07) is 6.71. The monoisotopic (exact) mass is 303 g/mol. The number of hydrogen-bond donors (Lipinski definition) is 1. The van der Waals surface area contributed by atoms with E-state index in [0.717, 1.165) is 44.4 Å². The average Bonchev–Trinajstić information content (AvgIpc) is 3.09. The molecular weight excluding hydrogens is 278 g/mol. The lowest BCUT2D eigenvalue weighted by Gasteiger charge is -2.45. The van der Waals surface area contributed by atoms with Gasteiger partial charge in [-0.15, -0.1) is 11.3 Å². The molecule has 3 atom stereocenters. The second-order valence-corrected chi connectivity index (χ2v) is 7.89. The molecule has 114 valence electrons. The van der Waals surface area contributed by atoms with E-state index in [1.54, 1.807) is 11.3 Å². The third-order valence-corrected chi connectivity index (χ3v) is 6.80. The molecule has 3 heteroatoms. The zero-order valence-electron chi connectivity index (χ0n) is 12.6. The Bertz CT molecular complexity index is 486. The third kappa shape index (κ3) is 3.03. The molecule has 2 aliphatic carbocycles. The fourth-order valence-corrected chi connectivity index (χ4v) is 5.23. The maximum absolute atomic E-state index is 10.7. The normalized spacial score (nSPS) is 28.8. The number of nitrogens with zero attached hydrogens (tertiary/aromatic N) is 1. The van der Waals surface area contributed by atoms with Gasteiger partial charge in [-0.1, -0.05) is 25.3 Å². The fourth-order valence-electron chi connectivity index (χ4n) is 4.19. The van der Waals surface area contributed by atoms with Gasteiger partial charge in [-0.05, 0) is 55.9 Å². The second-order valence-electron chi connectivity index (χ2n) is 6.94. The number of aliphatic hydroxyl groups is 1. The minimum atomic E-state index is -0.182. The molecule has 0 radical (unpaired) electrons. The quantitative estimate of drug-likeness (QED) is 0.832. The molecule has 0 spiro atoms. The van der Waals surface area contributed by atoms with Crippen molar-refractivity contribution in [2.45, 2.75) is 69.3 Å². The van der Waals surface area contributed by atoms with Gasteiger partial charge in [0, 0.05) is 16.2 Å². The van der Waals surface area contributed by atoms with Crippen molar-refractivity contribution >= 4 is 11.3 Å². The van der Waals surface area contributed by atoms with Crippen molar-refractivity contribution in [1.82, 2.24) is 0 Å². The number of nitriles is 1. The second kappa shape index (κ2) is 6.50. The summed E-state index contributed by atoms with van der Waals surface area (Å²) >= 11 is 1.80. The van der Waals surface area contributed by atoms with Gasteiger partial charge in [0.2, 0.25) is 0 Å². The standard InChI is InChI=1S/C18H25NOS/c19-13-15-8-7-14(12-15)4-1-5-16(20)18(9-3-10-18)17-6-2-11-21-17/h2,6,11,14-16,20H,1,3-5,7-10,12H2/t14?,15-,16?/m1/s1. The Kier molecular flexibility index (Phi) is 4.66. The predicted molar refractivity (Wildman–Crippen MR) is 86.1 cm³/mol. The number of thiophene rings is 1. The van der Waals surface area contributed by atoms with E-state index >= 15 is 0 Å². The lowest BCUT2D eigenvalue weighted by Crippen LogP contribution is -2.44. The van der Waals surface area contributed by atoms with Crippen LogP contribution in [-0.4, -0.2) is 11.2 Å². The van der Waals surface area contributed by atoms with Gasteiger partial charge in [-0.2, -0.15) is 5.26 Å². The summed E-state index contributed by atoms with van der Waals surface area (Å²) in [5, 5.41) is 21.8. The molecule has 0 bridgehead atoms. The Morgan fingerprint density at radius 2 is 2.29 bits per heavy atom. The van der Waals surface area contributed by atoms with Crippen LogP contribution >= 0.6 is 11.3 Å². The van der Waals surface area contributed by atoms with E-state index in [2.05, 4.69) is 23.6 Å². The molecule has 0 aliphatic heterocycles. The molecule has 2 saturated carbocycles. The van der Waals surface area contributed by atoms with E-state index in [0.29, 0.717) is 5.92 Å². The summed E-state index contributed by atoms with van der Waals surface area (Å²) in [6.45, 7) is 0. The zero-order chi connectivity index (χ0) is 14.7. The molecule has 2 nitrogen and oxygen atoms in total. The van der Waals surface area contributed by atoms with Crippen LogP contribution in [0.2, 0.25) is 0 Å². The predicted octanol–water partition coefficient (Wildman–Crippen LogP) is 4.64. The smallest absolute Gasteiger partial charge is 0.0655 e. The van der Waals surface area contributed by atoms with Gasteiger partial charge in [0.25, 0.3) is 0 Å². The molecule has 0 aromatic carbocycles. The van der Waals surface area contributed by atoms with E-state index < -0.39 is 0 Å². The molecule has 0 amide bonds. The van der Waals surface area contributed by atoms with Crippen LogP contribution in [0.3, 0.4) is 0 Å². The molecule has 1 N–H and O–H groups in total. The molecular formula is C18H25NOS. The van der Waals surface area contributed by atoms with E-state index in [4.69, 9.17) is 5.26 Å². The van der Waals surface area contributed by atoms with Crippen LogP contribution in [0.4, 0.5) is 0 Å². The topological polar surface area (TPSA) is 44.0 Å². The number of rotatable bonds is 6. The van der Waals surface area contributed by atoms with Crippen molar-refractivity contribution < 1.29 is 5.11 Å². The summed E-state index contributed by atoms with van der Waals surface area (Å²) in [6.07, 6.45) is 9.97. The van der Waals surface area contributed by atoms with E-state index in [1.165, 1.54) is 24.1 Å². The highest BCUT2D eigenvalue weighted by Crippen LogP contribution is 2.49. The molecule has 21 heavy (non-hydrogen) atoms. The Labute approximate surface area is 131 Å². The highest BCUT2D eigenvalue weighted by molar-refractivity contribution is 7.10. The highest BCUT2D eigenvalue weighted by Gasteiger charge is 2.45. The van der Waals surface area contributed by atoms with Crippen LogP contribution in [0.5, 0.6) is 0 Å². The van der Waals surface area contributed by atoms with Crippen LogP contribution in [-0.2, 0) is 5.41 Å². The van der Waals surface area contributed by atoms with E-state index in [1.807, 2.05) is 0 Å². The summed E-state index contributed by atoms with van der Waals surface area (Å²) < 4.78 is 0. The molecule has 1 aromatic rings. The first-order valence-electron chi connectivity index (χ1n) is 8.36. The molecule has 2 fully saturated rings. The Morgan fingerprint density at radius 1 is 1.43 bits per heavy atom. The highest BCUT2D eigenvalue weighted by atomic mass is 32.1. The summed E-state index contributed by atoms with van der Waals surface area (Å²) in [7, 11) is 0. The Balaban J connectivity index is 1.48. The van der Waals surface area contributed by atoms with Gasteiger partial charge in [0.15, 0.2) is 0 Å². The zero-order valence-corrected chi connectivity index (χ0v) is 13.4. The first-order chi connectivity index (χ1) is 10.2. The molecule has 0 saturated heterocycles. The molecule has 1 aromatic heterocycles. The summed E-state index contributed by atoms with van der Waals surface area (Å²) in [4.78, 5) is 1.38. The molecule has 1 heterocycles. The third-order valence-electron chi connectivity index (χ3n) is 5.71. The van der Waals surface area contributed by atoms with Crippen LogP contribution in [0.25, 0.3) is 0 Å². The van der Waals surface area contributed by atoms with Gasteiger partial charge in [0.05, 0.1) is 12.2 Å². The van der Waals surface area contributed by atoms with Crippen LogP contribution in [0, 0.1) is 23.2 Å². The lowest BCUT2D eigenvalue weighted by molar-refractivity contribution is 0.0221. The van der Waals surface area contributed by atoms with Gasteiger partial charge < -0.3 is 5.11 Å². The summed E-state index contributed by atoms with van der Waals surface area (Å²) in [5.74, 6) is 1.02. The maximum atomic E-state index is 10.7. The SMILES string of the molecule is N#C[C@@H]1CCC(CCCC(O)C2(c3cccs3)CCC2)C1. The van der Waals surface area contributed by atoms with Gasteiger partial charge >= 0.3 is 0 Å². The van der Waals surface area contributed by atoms with Gasteiger partial charge in [0.1, 0.15) is 0 Å². The van der Waals surface area contributed by atoms with Crippen molar-refractivity contribution in [2.24, 2.45) is 11.8 Å². The van der Waals surface area contributed by atoms with E-state index in [-0.39, 0.29) is 11.5 Å². The van der Waals surface area contributed by atoms with Crippen LogP contribution < -0.4 is 0 Å². The maximum Gasteiger partial charge on any atom is 0.0655 e. The number of hydrogen-bond acceptors (Lipinski definition) is 3. The molecule has 3 rings (SSSR count). The molecule has 2 aliphatic rings. The largest absolute Gasteiger partial charge is 0.392 e. The van der Waals surface area contributed by atoms with Crippen molar-refractivity contribution in [3.63, 3.8) is 0 Å². The first-order valence-corrected chi connectivity index (χ1v) is 9.24. The van der Waals surface area contributed by atoms with E-state index in [9.17, 15) is 5.11 Å². The summed E-state index contributed by atoms with van der Waals surface area (Å²) in [5.41, 5.74) is 0.0685. The van der Waals surface area contributed by atoms with Crippen molar-refractivity contribution in [3.8, 4) is 6.07 Å². The first kappa shape index (κ1) is 15.1. The Morgan fingerprint density at radius 3 is 2.86 bits per heavy atom. The number of aliphatic hydroxyl groups excluding tert-OH is 1. The minimum Gasteiger partial charge on any atom is -0.392 e. The Hall–Kier alpha value is -0.850. The fraction of sp³-hybridized carbons (Fsp3) is 0.722. The van der Waals surface area contributed by atoms with Crippen molar-refractivity contribution in [3.05, 3.63) is 22.4 Å². The molecule has 2 unspecified atom stereocenters. The minimum absolute atomic E-state index is 0.0685. The van der Waals surface area contributed by atoms with Crippen LogP contribution in [0.15, 0.2) is 17.5 Å². The van der Waals surface area contributed by atoms with Crippen molar-refractivity contribution in [2.75, 3.05) is 0 Å². The van der Waals surface area contributed by atoms with Gasteiger partial charge in [-0.25, -0.2) is 0 Å². The lowest BCUT2D eigenvalue weighted by atomic mass is 9.63. The average molecular weight is 303 g/mol. The van der Waals surface area contributed by atoms with Crippen molar-refractivity contribution in [1.29, 1.82) is 5.26 Å².